The molecule has 8 heteroatoms. The predicted molar refractivity (Wildman–Crippen MR) is 130 cm³/mol. The van der Waals surface area contributed by atoms with Gasteiger partial charge in [0.15, 0.2) is 23.0 Å². The number of fused-ring (bicyclic) bond motifs is 2. The molecule has 1 atom stereocenters. The number of hydrogen-bond donors (Lipinski definition) is 1. The second kappa shape index (κ2) is 10.1. The molecule has 3 aromatic rings. The molecule has 1 N–H and O–H groups in total. The Hall–Kier alpha value is -3.94. The molecule has 1 aliphatic heterocycles. The second-order valence-electron chi connectivity index (χ2n) is 8.27. The summed E-state index contributed by atoms with van der Waals surface area (Å²) >= 11 is 0. The first-order valence-electron chi connectivity index (χ1n) is 11.3. The summed E-state index contributed by atoms with van der Waals surface area (Å²) in [6.45, 7) is 2.03. The van der Waals surface area contributed by atoms with Gasteiger partial charge in [0.25, 0.3) is 0 Å². The van der Waals surface area contributed by atoms with E-state index < -0.39 is 5.97 Å². The molecule has 4 rings (SSSR count). The average Bonchev–Trinajstić information content (AvgIpc) is 3.35. The van der Waals surface area contributed by atoms with Gasteiger partial charge in [0.1, 0.15) is 12.0 Å². The fourth-order valence-electron chi connectivity index (χ4n) is 4.55. The number of carbonyl (C=O) groups is 2. The topological polar surface area (TPSA) is 101 Å². The summed E-state index contributed by atoms with van der Waals surface area (Å²) in [6.07, 6.45) is 2.18. The zero-order valence-electron chi connectivity index (χ0n) is 20.2. The SMILES string of the molecule is CCC(CC=O)Cc1c(C(=O)OC)c(-c2ccc(OC)c(OC)c2)c2cc3c(cc2c1O)OCO3. The number of phenols is 1. The lowest BCUT2D eigenvalue weighted by Gasteiger charge is -2.22. The molecule has 8 nitrogen and oxygen atoms in total. The second-order valence-corrected chi connectivity index (χ2v) is 8.27. The minimum Gasteiger partial charge on any atom is -0.507 e. The van der Waals surface area contributed by atoms with E-state index in [1.807, 2.05) is 13.0 Å². The lowest BCUT2D eigenvalue weighted by molar-refractivity contribution is -0.108. The van der Waals surface area contributed by atoms with Crippen LogP contribution in [0.1, 0.15) is 35.7 Å². The number of esters is 1. The smallest absolute Gasteiger partial charge is 0.338 e. The molecule has 3 aromatic carbocycles. The molecule has 0 radical (unpaired) electrons. The minimum atomic E-state index is -0.597. The van der Waals surface area contributed by atoms with Gasteiger partial charge in [-0.15, -0.1) is 0 Å². The maximum Gasteiger partial charge on any atom is 0.338 e. The van der Waals surface area contributed by atoms with Crippen LogP contribution in [0.2, 0.25) is 0 Å². The molecule has 35 heavy (non-hydrogen) atoms. The lowest BCUT2D eigenvalue weighted by Crippen LogP contribution is -2.13. The first-order valence-corrected chi connectivity index (χ1v) is 11.3. The predicted octanol–water partition coefficient (Wildman–Crippen LogP) is 4.90. The molecule has 0 bridgehead atoms. The number of aromatic hydroxyl groups is 1. The van der Waals surface area contributed by atoms with Crippen LogP contribution in [0.5, 0.6) is 28.7 Å². The summed E-state index contributed by atoms with van der Waals surface area (Å²) in [5.41, 5.74) is 1.87. The monoisotopic (exact) mass is 480 g/mol. The van der Waals surface area contributed by atoms with Gasteiger partial charge in [0.2, 0.25) is 6.79 Å². The zero-order chi connectivity index (χ0) is 25.1. The van der Waals surface area contributed by atoms with E-state index in [0.29, 0.717) is 69.7 Å². The van der Waals surface area contributed by atoms with Crippen LogP contribution in [-0.4, -0.2) is 45.5 Å². The highest BCUT2D eigenvalue weighted by molar-refractivity contribution is 6.12. The Labute approximate surface area is 203 Å². The molecule has 1 heterocycles. The maximum absolute atomic E-state index is 13.2. The Morgan fingerprint density at radius 3 is 2.34 bits per heavy atom. The first kappa shape index (κ1) is 24.2. The molecule has 1 aliphatic rings. The van der Waals surface area contributed by atoms with E-state index in [1.54, 1.807) is 31.4 Å². The van der Waals surface area contributed by atoms with Crippen molar-refractivity contribution in [3.05, 3.63) is 41.5 Å². The van der Waals surface area contributed by atoms with E-state index in [-0.39, 0.29) is 24.0 Å². The Morgan fingerprint density at radius 2 is 1.74 bits per heavy atom. The van der Waals surface area contributed by atoms with Gasteiger partial charge < -0.3 is 33.6 Å². The van der Waals surface area contributed by atoms with Gasteiger partial charge >= 0.3 is 5.97 Å². The van der Waals surface area contributed by atoms with Crippen molar-refractivity contribution in [2.45, 2.75) is 26.2 Å². The van der Waals surface area contributed by atoms with Gasteiger partial charge in [-0.2, -0.15) is 0 Å². The Morgan fingerprint density at radius 1 is 1.06 bits per heavy atom. The van der Waals surface area contributed by atoms with E-state index in [0.717, 1.165) is 6.29 Å². The molecule has 0 saturated heterocycles. The van der Waals surface area contributed by atoms with Crippen molar-refractivity contribution in [2.75, 3.05) is 28.1 Å². The van der Waals surface area contributed by atoms with E-state index >= 15 is 0 Å². The van der Waals surface area contributed by atoms with Crippen molar-refractivity contribution in [3.63, 3.8) is 0 Å². The van der Waals surface area contributed by atoms with Crippen LogP contribution < -0.4 is 18.9 Å². The molecule has 0 saturated carbocycles. The quantitative estimate of drug-likeness (QED) is 0.341. The van der Waals surface area contributed by atoms with Crippen molar-refractivity contribution in [1.82, 2.24) is 0 Å². The highest BCUT2D eigenvalue weighted by atomic mass is 16.7. The van der Waals surface area contributed by atoms with Crippen LogP contribution in [0.3, 0.4) is 0 Å². The largest absolute Gasteiger partial charge is 0.507 e. The molecule has 0 amide bonds. The number of benzene rings is 3. The van der Waals surface area contributed by atoms with Crippen molar-refractivity contribution >= 4 is 23.0 Å². The molecule has 0 fully saturated rings. The van der Waals surface area contributed by atoms with Crippen LogP contribution in [-0.2, 0) is 16.0 Å². The van der Waals surface area contributed by atoms with Gasteiger partial charge in [-0.3, -0.25) is 0 Å². The van der Waals surface area contributed by atoms with Crippen molar-refractivity contribution in [1.29, 1.82) is 0 Å². The summed E-state index contributed by atoms with van der Waals surface area (Å²) in [5.74, 6) is 1.32. The number of phenolic OH excluding ortho intramolecular Hbond substituents is 1. The van der Waals surface area contributed by atoms with Gasteiger partial charge in [0, 0.05) is 22.9 Å². The number of rotatable bonds is 9. The Balaban J connectivity index is 2.11. The number of carbonyl (C=O) groups excluding carboxylic acids is 2. The molecular weight excluding hydrogens is 452 g/mol. The zero-order valence-corrected chi connectivity index (χ0v) is 20.2. The lowest BCUT2D eigenvalue weighted by atomic mass is 9.84. The van der Waals surface area contributed by atoms with Crippen LogP contribution in [0, 0.1) is 5.92 Å². The highest BCUT2D eigenvalue weighted by Crippen LogP contribution is 2.48. The normalized spacial score (nSPS) is 12.9. The summed E-state index contributed by atoms with van der Waals surface area (Å²) < 4.78 is 27.2. The van der Waals surface area contributed by atoms with Crippen molar-refractivity contribution < 1.29 is 38.4 Å². The van der Waals surface area contributed by atoms with Crippen molar-refractivity contribution in [2.24, 2.45) is 5.92 Å². The molecule has 0 spiro atoms. The van der Waals surface area contributed by atoms with Crippen molar-refractivity contribution in [3.8, 4) is 39.9 Å². The van der Waals surface area contributed by atoms with E-state index in [2.05, 4.69) is 0 Å². The summed E-state index contributed by atoms with van der Waals surface area (Å²) in [4.78, 5) is 24.5. The third-order valence-electron chi connectivity index (χ3n) is 6.44. The first-order chi connectivity index (χ1) is 17.0. The summed E-state index contributed by atoms with van der Waals surface area (Å²) in [5, 5.41) is 12.5. The molecule has 0 aromatic heterocycles. The van der Waals surface area contributed by atoms with Gasteiger partial charge in [-0.25, -0.2) is 4.79 Å². The highest BCUT2D eigenvalue weighted by Gasteiger charge is 2.29. The Kier molecular flexibility index (Phi) is 7.00. The summed E-state index contributed by atoms with van der Waals surface area (Å²) in [7, 11) is 4.38. The van der Waals surface area contributed by atoms with Crippen LogP contribution in [0.25, 0.3) is 21.9 Å². The van der Waals surface area contributed by atoms with Crippen LogP contribution in [0.15, 0.2) is 30.3 Å². The van der Waals surface area contributed by atoms with Gasteiger partial charge in [0.05, 0.1) is 26.9 Å². The molecule has 1 unspecified atom stereocenters. The fraction of sp³-hybridized carbons (Fsp3) is 0.333. The van der Waals surface area contributed by atoms with E-state index in [9.17, 15) is 14.7 Å². The molecule has 184 valence electrons. The number of aldehydes is 1. The fourth-order valence-corrected chi connectivity index (χ4v) is 4.55. The molecule has 0 aliphatic carbocycles. The van der Waals surface area contributed by atoms with Crippen LogP contribution >= 0.6 is 0 Å². The number of hydrogen-bond acceptors (Lipinski definition) is 8. The summed E-state index contributed by atoms with van der Waals surface area (Å²) in [6, 6.07) is 8.80. The molecular formula is C27H28O8. The maximum atomic E-state index is 13.2. The third-order valence-corrected chi connectivity index (χ3v) is 6.44. The number of ether oxygens (including phenoxy) is 5. The third kappa shape index (κ3) is 4.32. The van der Waals surface area contributed by atoms with Crippen LogP contribution in [0.4, 0.5) is 0 Å². The minimum absolute atomic E-state index is 0.0488. The van der Waals surface area contributed by atoms with Gasteiger partial charge in [-0.1, -0.05) is 19.4 Å². The van der Waals surface area contributed by atoms with E-state index in [4.69, 9.17) is 23.7 Å². The standard InChI is InChI=1S/C27H28O8/c1-5-15(8-9-28)10-19-25(27(30)33-4)24(16-6-7-20(31-2)21(11-16)32-3)17-12-22-23(35-14-34-22)13-18(17)26(19)29/h6-7,9,11-13,15,29H,5,8,10,14H2,1-4H3. The van der Waals surface area contributed by atoms with Gasteiger partial charge in [-0.05, 0) is 47.6 Å². The van der Waals surface area contributed by atoms with E-state index in [1.165, 1.54) is 14.2 Å². The average molecular weight is 481 g/mol. The Bertz CT molecular complexity index is 1280. The number of methoxy groups -OCH3 is 3.